The van der Waals surface area contributed by atoms with Crippen LogP contribution >= 0.6 is 34.7 Å². The quantitative estimate of drug-likeness (QED) is 0.852. The predicted molar refractivity (Wildman–Crippen MR) is 67.5 cm³/mol. The molecule has 2 rings (SSSR count). The lowest BCUT2D eigenvalue weighted by atomic mass is 10.4. The third kappa shape index (κ3) is 2.87. The predicted octanol–water partition coefficient (Wildman–Crippen LogP) is 3.67. The Labute approximate surface area is 101 Å². The van der Waals surface area contributed by atoms with Gasteiger partial charge in [-0.05, 0) is 18.2 Å². The van der Waals surface area contributed by atoms with Gasteiger partial charge in [0, 0.05) is 21.7 Å². The first-order valence-corrected chi connectivity index (χ1v) is 6.50. The first kappa shape index (κ1) is 10.8. The van der Waals surface area contributed by atoms with E-state index in [0.29, 0.717) is 0 Å². The zero-order chi connectivity index (χ0) is 10.7. The average Bonchev–Trinajstić information content (AvgIpc) is 2.63. The molecule has 0 spiro atoms. The Balaban J connectivity index is 2.02. The molecule has 2 heterocycles. The number of hydrogen-bond acceptors (Lipinski definition) is 4. The molecular formula is C10H9ClN2S2. The molecule has 0 bridgehead atoms. The van der Waals surface area contributed by atoms with Crippen molar-refractivity contribution < 1.29 is 0 Å². The fraction of sp³-hybridized carbons (Fsp3) is 0.100. The van der Waals surface area contributed by atoms with Crippen LogP contribution in [0.15, 0.2) is 35.5 Å². The molecule has 0 aromatic carbocycles. The monoisotopic (exact) mass is 256 g/mol. The molecular weight excluding hydrogens is 248 g/mol. The molecule has 0 aliphatic heterocycles. The van der Waals surface area contributed by atoms with Crippen LogP contribution in [0.4, 0.5) is 5.69 Å². The Morgan fingerprint density at radius 3 is 2.93 bits per heavy atom. The number of nitrogens with zero attached hydrogens (tertiary/aromatic N) is 1. The van der Waals surface area contributed by atoms with E-state index in [1.165, 1.54) is 4.88 Å². The van der Waals surface area contributed by atoms with E-state index < -0.39 is 0 Å². The van der Waals surface area contributed by atoms with Gasteiger partial charge in [0.15, 0.2) is 0 Å². The Kier molecular flexibility index (Phi) is 3.51. The van der Waals surface area contributed by atoms with Gasteiger partial charge in [0.1, 0.15) is 0 Å². The van der Waals surface area contributed by atoms with Gasteiger partial charge in [-0.1, -0.05) is 11.6 Å². The summed E-state index contributed by atoms with van der Waals surface area (Å²) in [7, 11) is 0. The molecule has 0 aliphatic carbocycles. The molecule has 0 saturated carbocycles. The minimum Gasteiger partial charge on any atom is -0.397 e. The Morgan fingerprint density at radius 1 is 1.40 bits per heavy atom. The number of aromatic nitrogens is 1. The number of hydrogen-bond donors (Lipinski definition) is 1. The second kappa shape index (κ2) is 4.88. The van der Waals surface area contributed by atoms with Crippen molar-refractivity contribution in [1.82, 2.24) is 4.98 Å². The van der Waals surface area contributed by atoms with Gasteiger partial charge in [0.2, 0.25) is 0 Å². The molecule has 2 nitrogen and oxygen atoms in total. The van der Waals surface area contributed by atoms with Crippen LogP contribution in [-0.2, 0) is 5.75 Å². The van der Waals surface area contributed by atoms with Crippen molar-refractivity contribution >= 4 is 40.4 Å². The van der Waals surface area contributed by atoms with E-state index in [0.717, 1.165) is 20.7 Å². The molecule has 0 fully saturated rings. The van der Waals surface area contributed by atoms with Crippen molar-refractivity contribution in [2.45, 2.75) is 10.6 Å². The van der Waals surface area contributed by atoms with Gasteiger partial charge in [0.05, 0.1) is 16.2 Å². The molecule has 15 heavy (non-hydrogen) atoms. The largest absolute Gasteiger partial charge is 0.397 e. The van der Waals surface area contributed by atoms with Gasteiger partial charge in [0.25, 0.3) is 0 Å². The zero-order valence-electron chi connectivity index (χ0n) is 7.81. The lowest BCUT2D eigenvalue weighted by Gasteiger charge is -2.02. The first-order valence-electron chi connectivity index (χ1n) is 4.32. The minimum atomic E-state index is 0.727. The standard InChI is InChI=1S/C10H9ClN2S2/c11-10-2-1-7(15-10)6-14-9-3-4-13-5-8(9)12/h1-5H,6,12H2. The van der Waals surface area contributed by atoms with Crippen LogP contribution in [-0.4, -0.2) is 4.98 Å². The number of thiophene rings is 1. The van der Waals surface area contributed by atoms with E-state index in [1.807, 2.05) is 18.2 Å². The summed E-state index contributed by atoms with van der Waals surface area (Å²) in [6.45, 7) is 0. The van der Waals surface area contributed by atoms with E-state index in [9.17, 15) is 0 Å². The molecule has 0 saturated heterocycles. The highest BCUT2D eigenvalue weighted by Crippen LogP contribution is 2.31. The summed E-state index contributed by atoms with van der Waals surface area (Å²) < 4.78 is 0.827. The van der Waals surface area contributed by atoms with Gasteiger partial charge < -0.3 is 5.73 Å². The highest BCUT2D eigenvalue weighted by atomic mass is 35.5. The fourth-order valence-corrected chi connectivity index (χ4v) is 3.17. The molecule has 0 amide bonds. The van der Waals surface area contributed by atoms with E-state index in [1.54, 1.807) is 35.5 Å². The van der Waals surface area contributed by atoms with Crippen LogP contribution in [0.25, 0.3) is 0 Å². The second-order valence-electron chi connectivity index (χ2n) is 2.91. The molecule has 0 aliphatic rings. The van der Waals surface area contributed by atoms with E-state index in [2.05, 4.69) is 4.98 Å². The van der Waals surface area contributed by atoms with Crippen LogP contribution < -0.4 is 5.73 Å². The van der Waals surface area contributed by atoms with Crippen LogP contribution in [0.5, 0.6) is 0 Å². The molecule has 0 radical (unpaired) electrons. The maximum atomic E-state index is 5.85. The Hall–Kier alpha value is -0.710. The molecule has 2 aromatic rings. The highest BCUT2D eigenvalue weighted by molar-refractivity contribution is 7.98. The zero-order valence-corrected chi connectivity index (χ0v) is 10.2. The summed E-state index contributed by atoms with van der Waals surface area (Å²) in [5, 5.41) is 0. The van der Waals surface area contributed by atoms with Crippen LogP contribution in [0, 0.1) is 0 Å². The van der Waals surface area contributed by atoms with Gasteiger partial charge >= 0.3 is 0 Å². The topological polar surface area (TPSA) is 38.9 Å². The molecule has 0 atom stereocenters. The van der Waals surface area contributed by atoms with E-state index >= 15 is 0 Å². The third-order valence-electron chi connectivity index (χ3n) is 1.81. The van der Waals surface area contributed by atoms with E-state index in [4.69, 9.17) is 17.3 Å². The second-order valence-corrected chi connectivity index (χ2v) is 5.72. The number of thioether (sulfide) groups is 1. The van der Waals surface area contributed by atoms with Crippen LogP contribution in [0.2, 0.25) is 4.34 Å². The third-order valence-corrected chi connectivity index (χ3v) is 4.36. The molecule has 2 aromatic heterocycles. The van der Waals surface area contributed by atoms with Crippen LogP contribution in [0.3, 0.4) is 0 Å². The highest BCUT2D eigenvalue weighted by Gasteiger charge is 2.02. The number of nitrogen functional groups attached to an aromatic ring is 1. The number of halogens is 1. The number of rotatable bonds is 3. The van der Waals surface area contributed by atoms with E-state index in [-0.39, 0.29) is 0 Å². The lowest BCUT2D eigenvalue weighted by Crippen LogP contribution is -1.89. The fourth-order valence-electron chi connectivity index (χ4n) is 1.10. The van der Waals surface area contributed by atoms with Gasteiger partial charge in [-0.2, -0.15) is 0 Å². The van der Waals surface area contributed by atoms with Crippen molar-refractivity contribution in [2.24, 2.45) is 0 Å². The summed E-state index contributed by atoms with van der Waals surface area (Å²) in [5.74, 6) is 0.894. The minimum absolute atomic E-state index is 0.727. The smallest absolute Gasteiger partial charge is 0.0931 e. The first-order chi connectivity index (χ1) is 7.25. The number of anilines is 1. The van der Waals surface area contributed by atoms with Gasteiger partial charge in [-0.15, -0.1) is 23.1 Å². The van der Waals surface area contributed by atoms with Crippen LogP contribution in [0.1, 0.15) is 4.88 Å². The summed E-state index contributed by atoms with van der Waals surface area (Å²) in [6.07, 6.45) is 3.42. The molecule has 78 valence electrons. The van der Waals surface area contributed by atoms with Gasteiger partial charge in [-0.25, -0.2) is 0 Å². The maximum absolute atomic E-state index is 5.85. The summed E-state index contributed by atoms with van der Waals surface area (Å²) in [5.41, 5.74) is 6.51. The Morgan fingerprint density at radius 2 is 2.27 bits per heavy atom. The summed E-state index contributed by atoms with van der Waals surface area (Å²) in [4.78, 5) is 6.26. The average molecular weight is 257 g/mol. The van der Waals surface area contributed by atoms with Gasteiger partial charge in [-0.3, -0.25) is 4.98 Å². The Bertz CT molecular complexity index is 456. The number of pyridine rings is 1. The van der Waals surface area contributed by atoms with Crippen molar-refractivity contribution in [1.29, 1.82) is 0 Å². The normalized spacial score (nSPS) is 10.5. The lowest BCUT2D eigenvalue weighted by molar-refractivity contribution is 1.27. The summed E-state index contributed by atoms with van der Waals surface area (Å²) in [6, 6.07) is 5.88. The SMILES string of the molecule is Nc1cnccc1SCc1ccc(Cl)s1. The van der Waals surface area contributed by atoms with Crippen molar-refractivity contribution in [3.8, 4) is 0 Å². The summed E-state index contributed by atoms with van der Waals surface area (Å²) >= 11 is 9.15. The number of nitrogens with two attached hydrogens (primary N) is 1. The van der Waals surface area contributed by atoms with Crippen molar-refractivity contribution in [2.75, 3.05) is 5.73 Å². The molecule has 5 heteroatoms. The molecule has 0 unspecified atom stereocenters. The molecule has 2 N–H and O–H groups in total. The van der Waals surface area contributed by atoms with Crippen molar-refractivity contribution in [3.63, 3.8) is 0 Å². The van der Waals surface area contributed by atoms with Crippen molar-refractivity contribution in [3.05, 3.63) is 39.8 Å². The maximum Gasteiger partial charge on any atom is 0.0931 e.